The molecule has 6 nitrogen and oxygen atoms in total. The summed E-state index contributed by atoms with van der Waals surface area (Å²) in [6.07, 6.45) is 5.09. The molecule has 26 heavy (non-hydrogen) atoms. The molecule has 2 heterocycles. The summed E-state index contributed by atoms with van der Waals surface area (Å²) in [5.74, 6) is -0.282. The van der Waals surface area contributed by atoms with Crippen LogP contribution in [0.5, 0.6) is 0 Å². The zero-order chi connectivity index (χ0) is 18.6. The first-order chi connectivity index (χ1) is 12.4. The van der Waals surface area contributed by atoms with Crippen molar-refractivity contribution in [3.63, 3.8) is 0 Å². The van der Waals surface area contributed by atoms with E-state index in [1.54, 1.807) is 0 Å². The zero-order valence-electron chi connectivity index (χ0n) is 15.2. The van der Waals surface area contributed by atoms with Crippen LogP contribution in [0.3, 0.4) is 0 Å². The first-order valence-corrected chi connectivity index (χ1v) is 8.93. The predicted molar refractivity (Wildman–Crippen MR) is 99.2 cm³/mol. The van der Waals surface area contributed by atoms with Crippen LogP contribution in [0.1, 0.15) is 49.2 Å². The van der Waals surface area contributed by atoms with Crippen molar-refractivity contribution >= 4 is 5.91 Å². The SMILES string of the molecule is CC1(C)C[C@@](CCNC(=O)c2c[nH]c(=O)cn2)(c2ccccc2)CCO1. The third kappa shape index (κ3) is 4.19. The number of nitrogens with zero attached hydrogens (tertiary/aromatic N) is 1. The first kappa shape index (κ1) is 18.3. The lowest BCUT2D eigenvalue weighted by molar-refractivity contribution is -0.0838. The average Bonchev–Trinajstić information content (AvgIpc) is 2.62. The Bertz CT molecular complexity index is 796. The summed E-state index contributed by atoms with van der Waals surface area (Å²) < 4.78 is 5.92. The van der Waals surface area contributed by atoms with E-state index in [9.17, 15) is 9.59 Å². The van der Waals surface area contributed by atoms with E-state index in [1.807, 2.05) is 6.07 Å². The molecule has 138 valence electrons. The lowest BCUT2D eigenvalue weighted by Crippen LogP contribution is -2.45. The predicted octanol–water partition coefficient (Wildman–Crippen LogP) is 2.42. The van der Waals surface area contributed by atoms with E-state index < -0.39 is 0 Å². The van der Waals surface area contributed by atoms with Gasteiger partial charge < -0.3 is 15.0 Å². The van der Waals surface area contributed by atoms with Crippen molar-refractivity contribution < 1.29 is 9.53 Å². The van der Waals surface area contributed by atoms with Gasteiger partial charge in [-0.25, -0.2) is 4.98 Å². The molecule has 1 aliphatic heterocycles. The fourth-order valence-electron chi connectivity index (χ4n) is 3.85. The molecule has 0 spiro atoms. The highest BCUT2D eigenvalue weighted by Gasteiger charge is 2.41. The van der Waals surface area contributed by atoms with Gasteiger partial charge in [-0.05, 0) is 38.7 Å². The highest BCUT2D eigenvalue weighted by molar-refractivity contribution is 5.91. The number of benzene rings is 1. The largest absolute Gasteiger partial charge is 0.376 e. The molecule has 0 aliphatic carbocycles. The van der Waals surface area contributed by atoms with Crippen molar-refractivity contribution in [1.29, 1.82) is 0 Å². The van der Waals surface area contributed by atoms with Crippen LogP contribution in [0.2, 0.25) is 0 Å². The minimum Gasteiger partial charge on any atom is -0.376 e. The van der Waals surface area contributed by atoms with Crippen LogP contribution < -0.4 is 10.9 Å². The Kier molecular flexibility index (Phi) is 5.23. The highest BCUT2D eigenvalue weighted by Crippen LogP contribution is 2.43. The lowest BCUT2D eigenvalue weighted by Gasteiger charge is -2.45. The van der Waals surface area contributed by atoms with Gasteiger partial charge in [-0.15, -0.1) is 0 Å². The molecule has 2 N–H and O–H groups in total. The van der Waals surface area contributed by atoms with Crippen molar-refractivity contribution in [1.82, 2.24) is 15.3 Å². The Labute approximate surface area is 153 Å². The van der Waals surface area contributed by atoms with E-state index in [2.05, 4.69) is 53.4 Å². The number of carbonyl (C=O) groups is 1. The molecular formula is C20H25N3O3. The van der Waals surface area contributed by atoms with E-state index in [1.165, 1.54) is 11.8 Å². The molecule has 1 amide bonds. The third-order valence-electron chi connectivity index (χ3n) is 5.02. The van der Waals surface area contributed by atoms with E-state index in [0.717, 1.165) is 25.5 Å². The van der Waals surface area contributed by atoms with Crippen molar-refractivity contribution in [2.75, 3.05) is 13.2 Å². The Morgan fingerprint density at radius 1 is 1.31 bits per heavy atom. The van der Waals surface area contributed by atoms with Crippen molar-refractivity contribution in [2.24, 2.45) is 0 Å². The van der Waals surface area contributed by atoms with Gasteiger partial charge in [-0.1, -0.05) is 30.3 Å². The molecule has 3 rings (SSSR count). The molecular weight excluding hydrogens is 330 g/mol. The topological polar surface area (TPSA) is 84.1 Å². The van der Waals surface area contributed by atoms with Crippen LogP contribution in [0, 0.1) is 0 Å². The summed E-state index contributed by atoms with van der Waals surface area (Å²) >= 11 is 0. The quantitative estimate of drug-likeness (QED) is 0.863. The minimum atomic E-state index is -0.325. The van der Waals surface area contributed by atoms with Gasteiger partial charge in [0.15, 0.2) is 0 Å². The van der Waals surface area contributed by atoms with Crippen LogP contribution in [-0.4, -0.2) is 34.6 Å². The molecule has 1 aromatic carbocycles. The molecule has 1 fully saturated rings. The zero-order valence-corrected chi connectivity index (χ0v) is 15.2. The second kappa shape index (κ2) is 7.41. The van der Waals surface area contributed by atoms with Gasteiger partial charge in [-0.3, -0.25) is 9.59 Å². The van der Waals surface area contributed by atoms with Crippen molar-refractivity contribution in [3.8, 4) is 0 Å². The Morgan fingerprint density at radius 2 is 2.08 bits per heavy atom. The second-order valence-electron chi connectivity index (χ2n) is 7.48. The van der Waals surface area contributed by atoms with Gasteiger partial charge in [0.05, 0.1) is 11.8 Å². The maximum absolute atomic E-state index is 12.2. The molecule has 0 bridgehead atoms. The molecule has 1 aromatic heterocycles. The Morgan fingerprint density at radius 3 is 2.73 bits per heavy atom. The maximum atomic E-state index is 12.2. The summed E-state index contributed by atoms with van der Waals surface area (Å²) in [5.41, 5.74) is 0.945. The summed E-state index contributed by atoms with van der Waals surface area (Å²) in [4.78, 5) is 29.6. The molecule has 1 saturated heterocycles. The molecule has 0 saturated carbocycles. The lowest BCUT2D eigenvalue weighted by atomic mass is 9.67. The van der Waals surface area contributed by atoms with E-state index in [4.69, 9.17) is 4.74 Å². The number of rotatable bonds is 5. The summed E-state index contributed by atoms with van der Waals surface area (Å²) in [6.45, 7) is 5.47. The normalized spacial score (nSPS) is 21.9. The monoisotopic (exact) mass is 355 g/mol. The fraction of sp³-hybridized carbons (Fsp3) is 0.450. The van der Waals surface area contributed by atoms with E-state index in [0.29, 0.717) is 13.2 Å². The molecule has 6 heteroatoms. The van der Waals surface area contributed by atoms with Gasteiger partial charge in [0, 0.05) is 24.8 Å². The second-order valence-corrected chi connectivity index (χ2v) is 7.48. The summed E-state index contributed by atoms with van der Waals surface area (Å²) in [7, 11) is 0. The number of carbonyl (C=O) groups excluding carboxylic acids is 1. The van der Waals surface area contributed by atoms with Crippen LogP contribution in [-0.2, 0) is 10.2 Å². The number of nitrogens with one attached hydrogen (secondary N) is 2. The number of hydrogen-bond donors (Lipinski definition) is 2. The van der Waals surface area contributed by atoms with Crippen LogP contribution in [0.15, 0.2) is 47.5 Å². The maximum Gasteiger partial charge on any atom is 0.271 e. The van der Waals surface area contributed by atoms with Crippen molar-refractivity contribution in [3.05, 3.63) is 64.3 Å². The summed E-state index contributed by atoms with van der Waals surface area (Å²) in [5, 5.41) is 2.92. The fourth-order valence-corrected chi connectivity index (χ4v) is 3.85. The van der Waals surface area contributed by atoms with Gasteiger partial charge >= 0.3 is 0 Å². The minimum absolute atomic E-state index is 0.0330. The number of amides is 1. The molecule has 2 aromatic rings. The summed E-state index contributed by atoms with van der Waals surface area (Å²) in [6, 6.07) is 10.5. The Balaban J connectivity index is 1.72. The van der Waals surface area contributed by atoms with Gasteiger partial charge in [0.25, 0.3) is 11.5 Å². The van der Waals surface area contributed by atoms with E-state index in [-0.39, 0.29) is 28.2 Å². The van der Waals surface area contributed by atoms with Gasteiger partial charge in [0.1, 0.15) is 5.69 Å². The highest BCUT2D eigenvalue weighted by atomic mass is 16.5. The van der Waals surface area contributed by atoms with Gasteiger partial charge in [0.2, 0.25) is 0 Å². The third-order valence-corrected chi connectivity index (χ3v) is 5.02. The van der Waals surface area contributed by atoms with E-state index >= 15 is 0 Å². The number of ether oxygens (including phenoxy) is 1. The molecule has 1 atom stereocenters. The number of hydrogen-bond acceptors (Lipinski definition) is 4. The number of aromatic amines is 1. The smallest absolute Gasteiger partial charge is 0.271 e. The first-order valence-electron chi connectivity index (χ1n) is 8.93. The molecule has 0 unspecified atom stereocenters. The van der Waals surface area contributed by atoms with Crippen LogP contribution in [0.4, 0.5) is 0 Å². The standard InChI is InChI=1S/C20H25N3O3/c1-19(2)14-20(9-11-26-19,15-6-4-3-5-7-15)8-10-21-18(25)16-12-23-17(24)13-22-16/h3-7,12-13H,8-11,14H2,1-2H3,(H,21,25)(H,23,24)/t20-/m0/s1. The average molecular weight is 355 g/mol. The number of aromatic nitrogens is 2. The van der Waals surface area contributed by atoms with Crippen molar-refractivity contribution in [2.45, 2.75) is 44.1 Å². The Hall–Kier alpha value is -2.47. The molecule has 0 radical (unpaired) electrons. The van der Waals surface area contributed by atoms with Crippen LogP contribution >= 0.6 is 0 Å². The van der Waals surface area contributed by atoms with Crippen LogP contribution in [0.25, 0.3) is 0 Å². The number of H-pyrrole nitrogens is 1. The molecule has 1 aliphatic rings. The van der Waals surface area contributed by atoms with Gasteiger partial charge in [-0.2, -0.15) is 0 Å².